The molecule has 1 unspecified atom stereocenters. The highest BCUT2D eigenvalue weighted by Crippen LogP contribution is 2.60. The number of aliphatic hydroxyl groups excluding tert-OH is 2. The summed E-state index contributed by atoms with van der Waals surface area (Å²) >= 11 is 0. The minimum Gasteiger partial charge on any atom is -0.393 e. The quantitative estimate of drug-likeness (QED) is 0.491. The zero-order valence-electron chi connectivity index (χ0n) is 19.9. The number of rotatable bonds is 7. The third-order valence-electron chi connectivity index (χ3n) is 8.91. The predicted molar refractivity (Wildman–Crippen MR) is 124 cm³/mol. The number of allylic oxidation sites excluding steroid dienone is 1. The maximum absolute atomic E-state index is 10.1. The van der Waals surface area contributed by atoms with Crippen LogP contribution in [0, 0.1) is 29.1 Å². The van der Waals surface area contributed by atoms with E-state index in [0.717, 1.165) is 48.2 Å². The molecule has 0 aliphatic heterocycles. The van der Waals surface area contributed by atoms with E-state index in [1.54, 1.807) is 0 Å². The number of hydrogen-bond donors (Lipinski definition) is 3. The molecule has 172 valence electrons. The van der Waals surface area contributed by atoms with Gasteiger partial charge in [0.25, 0.3) is 0 Å². The Morgan fingerprint density at radius 2 is 1.97 bits per heavy atom. The lowest BCUT2D eigenvalue weighted by Crippen LogP contribution is -2.39. The van der Waals surface area contributed by atoms with Gasteiger partial charge in [0, 0.05) is 6.42 Å². The van der Waals surface area contributed by atoms with Crippen molar-refractivity contribution < 1.29 is 15.3 Å². The SMILES string of the molecule is C=C1/C(=C\CC2CCC[C@]3(C)[C@@H]([C@H](C)CCCC(C)(C)O)CC[C@@H]23)C[C@@H](O)C[C@@H]1O. The van der Waals surface area contributed by atoms with E-state index in [-0.39, 0.29) is 0 Å². The first-order valence-electron chi connectivity index (χ1n) is 12.5. The molecular weight excluding hydrogens is 372 g/mol. The van der Waals surface area contributed by atoms with Crippen molar-refractivity contribution in [1.82, 2.24) is 0 Å². The summed E-state index contributed by atoms with van der Waals surface area (Å²) in [6.07, 6.45) is 13.3. The normalized spacial score (nSPS) is 39.9. The summed E-state index contributed by atoms with van der Waals surface area (Å²) in [7, 11) is 0. The molecule has 0 aromatic heterocycles. The lowest BCUT2D eigenvalue weighted by atomic mass is 9.58. The lowest BCUT2D eigenvalue weighted by Gasteiger charge is -2.47. The Kier molecular flexibility index (Phi) is 7.58. The zero-order valence-corrected chi connectivity index (χ0v) is 19.9. The van der Waals surface area contributed by atoms with E-state index >= 15 is 0 Å². The van der Waals surface area contributed by atoms with Crippen molar-refractivity contribution in [2.45, 2.75) is 116 Å². The van der Waals surface area contributed by atoms with Crippen LogP contribution in [-0.4, -0.2) is 33.1 Å². The number of fused-ring (bicyclic) bond motifs is 1. The van der Waals surface area contributed by atoms with Gasteiger partial charge in [-0.1, -0.05) is 45.8 Å². The first-order valence-corrected chi connectivity index (χ1v) is 12.5. The molecule has 0 amide bonds. The molecule has 3 aliphatic rings. The van der Waals surface area contributed by atoms with Gasteiger partial charge in [0.05, 0.1) is 17.8 Å². The van der Waals surface area contributed by atoms with E-state index in [2.05, 4.69) is 26.5 Å². The van der Waals surface area contributed by atoms with E-state index in [9.17, 15) is 15.3 Å². The molecule has 3 aliphatic carbocycles. The minimum absolute atomic E-state index is 0.424. The Hall–Kier alpha value is -0.640. The van der Waals surface area contributed by atoms with Gasteiger partial charge in [-0.2, -0.15) is 0 Å². The van der Waals surface area contributed by atoms with Crippen LogP contribution >= 0.6 is 0 Å². The van der Waals surface area contributed by atoms with Gasteiger partial charge >= 0.3 is 0 Å². The van der Waals surface area contributed by atoms with Gasteiger partial charge in [-0.05, 0) is 99.0 Å². The molecule has 0 aromatic carbocycles. The summed E-state index contributed by atoms with van der Waals surface area (Å²) in [5.74, 6) is 3.03. The van der Waals surface area contributed by atoms with Crippen LogP contribution in [-0.2, 0) is 0 Å². The second-order valence-electron chi connectivity index (χ2n) is 11.7. The molecule has 0 aromatic rings. The van der Waals surface area contributed by atoms with Gasteiger partial charge in [0.15, 0.2) is 0 Å². The molecule has 7 atom stereocenters. The summed E-state index contributed by atoms with van der Waals surface area (Å²) < 4.78 is 0. The summed E-state index contributed by atoms with van der Waals surface area (Å²) in [6.45, 7) is 12.9. The number of aliphatic hydroxyl groups is 3. The topological polar surface area (TPSA) is 60.7 Å². The second kappa shape index (κ2) is 9.46. The molecule has 3 heteroatoms. The van der Waals surface area contributed by atoms with Crippen molar-refractivity contribution in [2.75, 3.05) is 0 Å². The highest BCUT2D eigenvalue weighted by molar-refractivity contribution is 5.34. The minimum atomic E-state index is -0.586. The smallest absolute Gasteiger partial charge is 0.0811 e. The van der Waals surface area contributed by atoms with Crippen molar-refractivity contribution in [3.05, 3.63) is 23.8 Å². The molecule has 0 heterocycles. The van der Waals surface area contributed by atoms with E-state index in [1.807, 2.05) is 13.8 Å². The fourth-order valence-corrected chi connectivity index (χ4v) is 7.25. The summed E-state index contributed by atoms with van der Waals surface area (Å²) in [4.78, 5) is 0. The van der Waals surface area contributed by atoms with Crippen LogP contribution in [0.2, 0.25) is 0 Å². The average Bonchev–Trinajstić information content (AvgIpc) is 3.00. The van der Waals surface area contributed by atoms with Crippen LogP contribution in [0.25, 0.3) is 0 Å². The van der Waals surface area contributed by atoms with Crippen LogP contribution in [0.5, 0.6) is 0 Å². The Morgan fingerprint density at radius 3 is 2.67 bits per heavy atom. The molecule has 0 spiro atoms. The first kappa shape index (κ1) is 24.0. The fourth-order valence-electron chi connectivity index (χ4n) is 7.25. The second-order valence-corrected chi connectivity index (χ2v) is 11.7. The lowest BCUT2D eigenvalue weighted by molar-refractivity contribution is 0.0259. The third-order valence-corrected chi connectivity index (χ3v) is 8.91. The van der Waals surface area contributed by atoms with Crippen LogP contribution < -0.4 is 0 Å². The monoisotopic (exact) mass is 418 g/mol. The molecule has 3 nitrogen and oxygen atoms in total. The maximum atomic E-state index is 10.1. The third kappa shape index (κ3) is 5.40. The van der Waals surface area contributed by atoms with E-state index in [1.165, 1.54) is 38.5 Å². The molecule has 3 rings (SSSR count). The molecular formula is C27H46O3. The van der Waals surface area contributed by atoms with E-state index in [0.29, 0.717) is 24.2 Å². The van der Waals surface area contributed by atoms with Gasteiger partial charge in [-0.15, -0.1) is 0 Å². The molecule has 0 saturated heterocycles. The standard InChI is InChI=1S/C27H46O3/c1-18(8-6-14-26(3,4)30)23-12-13-24-20(9-7-15-27(23,24)5)10-11-21-16-22(28)17-25(29)19(21)2/h11,18,20,22-25,28-30H,2,6-10,12-17H2,1,3-5H3/b21-11-/t18-,20?,22-,23-,24+,25+,27-/m1/s1. The van der Waals surface area contributed by atoms with Crippen molar-refractivity contribution >= 4 is 0 Å². The maximum Gasteiger partial charge on any atom is 0.0811 e. The Morgan fingerprint density at radius 1 is 1.23 bits per heavy atom. The number of hydrogen-bond acceptors (Lipinski definition) is 3. The van der Waals surface area contributed by atoms with Crippen LogP contribution in [0.15, 0.2) is 23.8 Å². The fraction of sp³-hybridized carbons (Fsp3) is 0.852. The molecule has 0 radical (unpaired) electrons. The van der Waals surface area contributed by atoms with Crippen LogP contribution in [0.3, 0.4) is 0 Å². The summed E-state index contributed by atoms with van der Waals surface area (Å²) in [6, 6.07) is 0. The Labute approximate surface area is 184 Å². The van der Waals surface area contributed by atoms with E-state index in [4.69, 9.17) is 0 Å². The van der Waals surface area contributed by atoms with Crippen molar-refractivity contribution in [1.29, 1.82) is 0 Å². The van der Waals surface area contributed by atoms with Crippen LogP contribution in [0.4, 0.5) is 0 Å². The van der Waals surface area contributed by atoms with Gasteiger partial charge in [-0.25, -0.2) is 0 Å². The molecule has 0 bridgehead atoms. The van der Waals surface area contributed by atoms with Crippen LogP contribution in [0.1, 0.15) is 98.3 Å². The van der Waals surface area contributed by atoms with Gasteiger partial charge < -0.3 is 15.3 Å². The molecule has 3 N–H and O–H groups in total. The van der Waals surface area contributed by atoms with Crippen molar-refractivity contribution in [3.8, 4) is 0 Å². The van der Waals surface area contributed by atoms with Crippen molar-refractivity contribution in [2.24, 2.45) is 29.1 Å². The average molecular weight is 419 g/mol. The molecule has 3 saturated carbocycles. The largest absolute Gasteiger partial charge is 0.393 e. The molecule has 3 fully saturated rings. The predicted octanol–water partition coefficient (Wildman–Crippen LogP) is 5.78. The Bertz CT molecular complexity index is 631. The zero-order chi connectivity index (χ0) is 22.1. The van der Waals surface area contributed by atoms with Gasteiger partial charge in [-0.3, -0.25) is 0 Å². The van der Waals surface area contributed by atoms with Gasteiger partial charge in [0.2, 0.25) is 0 Å². The highest BCUT2D eigenvalue weighted by atomic mass is 16.3. The molecule has 30 heavy (non-hydrogen) atoms. The Balaban J connectivity index is 1.63. The first-order chi connectivity index (χ1) is 14.0. The highest BCUT2D eigenvalue weighted by Gasteiger charge is 2.51. The summed E-state index contributed by atoms with van der Waals surface area (Å²) in [5.41, 5.74) is 1.81. The van der Waals surface area contributed by atoms with Gasteiger partial charge in [0.1, 0.15) is 0 Å². The van der Waals surface area contributed by atoms with Crippen molar-refractivity contribution in [3.63, 3.8) is 0 Å². The van der Waals surface area contributed by atoms with E-state index < -0.39 is 17.8 Å². The summed E-state index contributed by atoms with van der Waals surface area (Å²) in [5, 5.41) is 30.2.